The van der Waals surface area contributed by atoms with Gasteiger partial charge in [-0.05, 0) is 42.3 Å². The number of nitriles is 1. The number of H-pyrrole nitrogens is 1. The van der Waals surface area contributed by atoms with Crippen LogP contribution in [0.25, 0.3) is 16.9 Å². The zero-order valence-electron chi connectivity index (χ0n) is 12.6. The SMILES string of the molecule is Cc1cc(C#N)ccc1-c1c[nH]n(-c2ccc(C(=O)O)cn2)c1=O. The highest BCUT2D eigenvalue weighted by molar-refractivity contribution is 5.87. The number of benzene rings is 1. The van der Waals surface area contributed by atoms with Crippen molar-refractivity contribution >= 4 is 5.97 Å². The van der Waals surface area contributed by atoms with Gasteiger partial charge in [0, 0.05) is 12.4 Å². The van der Waals surface area contributed by atoms with E-state index < -0.39 is 5.97 Å². The third-order valence-corrected chi connectivity index (χ3v) is 3.64. The third-order valence-electron chi connectivity index (χ3n) is 3.64. The number of carbonyl (C=O) groups is 1. The van der Waals surface area contributed by atoms with E-state index in [2.05, 4.69) is 16.2 Å². The molecule has 1 aromatic carbocycles. The number of carboxylic acid groups (broad SMARTS) is 1. The van der Waals surface area contributed by atoms with Crippen LogP contribution < -0.4 is 5.56 Å². The number of hydrogen-bond donors (Lipinski definition) is 2. The number of aromatic nitrogens is 3. The van der Waals surface area contributed by atoms with Gasteiger partial charge in [0.05, 0.1) is 22.8 Å². The number of rotatable bonds is 3. The maximum Gasteiger partial charge on any atom is 0.337 e. The fourth-order valence-corrected chi connectivity index (χ4v) is 2.41. The second-order valence-electron chi connectivity index (χ2n) is 5.18. The average molecular weight is 320 g/mol. The molecule has 2 N–H and O–H groups in total. The van der Waals surface area contributed by atoms with Gasteiger partial charge in [0.2, 0.25) is 0 Å². The lowest BCUT2D eigenvalue weighted by atomic mass is 10.0. The first kappa shape index (κ1) is 15.2. The van der Waals surface area contributed by atoms with Crippen LogP contribution in [0.2, 0.25) is 0 Å². The van der Waals surface area contributed by atoms with Crippen molar-refractivity contribution < 1.29 is 9.90 Å². The lowest BCUT2D eigenvalue weighted by Crippen LogP contribution is -2.17. The highest BCUT2D eigenvalue weighted by Crippen LogP contribution is 2.21. The number of nitrogens with one attached hydrogen (secondary N) is 1. The highest BCUT2D eigenvalue weighted by Gasteiger charge is 2.13. The number of aryl methyl sites for hydroxylation is 1. The molecule has 118 valence electrons. The smallest absolute Gasteiger partial charge is 0.337 e. The van der Waals surface area contributed by atoms with Gasteiger partial charge in [0.1, 0.15) is 0 Å². The van der Waals surface area contributed by atoms with E-state index in [9.17, 15) is 9.59 Å². The van der Waals surface area contributed by atoms with Crippen molar-refractivity contribution in [2.45, 2.75) is 6.92 Å². The van der Waals surface area contributed by atoms with Crippen LogP contribution in [0.15, 0.2) is 47.5 Å². The van der Waals surface area contributed by atoms with E-state index in [1.54, 1.807) is 24.4 Å². The molecular weight excluding hydrogens is 308 g/mol. The number of carboxylic acids is 1. The van der Waals surface area contributed by atoms with Gasteiger partial charge in [-0.25, -0.2) is 14.5 Å². The summed E-state index contributed by atoms with van der Waals surface area (Å²) in [5.74, 6) is -0.788. The summed E-state index contributed by atoms with van der Waals surface area (Å²) in [4.78, 5) is 27.5. The Morgan fingerprint density at radius 2 is 2.08 bits per heavy atom. The molecule has 0 aliphatic rings. The Morgan fingerprint density at radius 3 is 2.67 bits per heavy atom. The molecule has 24 heavy (non-hydrogen) atoms. The summed E-state index contributed by atoms with van der Waals surface area (Å²) in [5, 5.41) is 20.6. The van der Waals surface area contributed by atoms with Gasteiger partial charge in [-0.15, -0.1) is 0 Å². The lowest BCUT2D eigenvalue weighted by Gasteiger charge is -2.03. The van der Waals surface area contributed by atoms with Gasteiger partial charge in [-0.2, -0.15) is 5.26 Å². The summed E-state index contributed by atoms with van der Waals surface area (Å²) in [6, 6.07) is 9.98. The van der Waals surface area contributed by atoms with Crippen molar-refractivity contribution in [3.05, 3.63) is 69.8 Å². The van der Waals surface area contributed by atoms with E-state index in [1.165, 1.54) is 23.0 Å². The van der Waals surface area contributed by atoms with Gasteiger partial charge in [0.15, 0.2) is 5.82 Å². The molecule has 0 aliphatic heterocycles. The molecule has 0 aliphatic carbocycles. The Labute approximate surface area is 136 Å². The Balaban J connectivity index is 2.05. The van der Waals surface area contributed by atoms with Crippen LogP contribution in [0.1, 0.15) is 21.5 Å². The van der Waals surface area contributed by atoms with Crippen LogP contribution in [0.4, 0.5) is 0 Å². The zero-order chi connectivity index (χ0) is 17.3. The molecule has 7 heteroatoms. The largest absolute Gasteiger partial charge is 0.478 e. The quantitative estimate of drug-likeness (QED) is 0.767. The van der Waals surface area contributed by atoms with Crippen LogP contribution in [-0.2, 0) is 0 Å². The van der Waals surface area contributed by atoms with Gasteiger partial charge in [-0.3, -0.25) is 9.89 Å². The summed E-state index contributed by atoms with van der Waals surface area (Å²) in [5.41, 5.74) is 2.24. The van der Waals surface area contributed by atoms with Crippen LogP contribution >= 0.6 is 0 Å². The summed E-state index contributed by atoms with van der Waals surface area (Å²) in [7, 11) is 0. The average Bonchev–Trinajstić information content (AvgIpc) is 2.96. The molecule has 0 spiro atoms. The van der Waals surface area contributed by atoms with Crippen molar-refractivity contribution in [3.8, 4) is 23.0 Å². The second kappa shape index (κ2) is 5.85. The number of aromatic carboxylic acids is 1. The molecule has 2 heterocycles. The molecule has 0 saturated carbocycles. The molecule has 0 bridgehead atoms. The van der Waals surface area contributed by atoms with Crippen LogP contribution in [-0.4, -0.2) is 25.8 Å². The Morgan fingerprint density at radius 1 is 1.29 bits per heavy atom. The molecular formula is C17H12N4O3. The standard InChI is InChI=1S/C17H12N4O3/c1-10-6-11(7-18)2-4-13(10)14-9-20-21(16(14)22)15-5-3-12(8-19-15)17(23)24/h2-6,8-9,20H,1H3,(H,23,24). The minimum atomic E-state index is -1.08. The van der Waals surface area contributed by atoms with Gasteiger partial charge in [-0.1, -0.05) is 6.07 Å². The normalized spacial score (nSPS) is 10.3. The number of nitrogens with zero attached hydrogens (tertiary/aromatic N) is 3. The minimum Gasteiger partial charge on any atom is -0.478 e. The van der Waals surface area contributed by atoms with E-state index in [-0.39, 0.29) is 11.1 Å². The summed E-state index contributed by atoms with van der Waals surface area (Å²) >= 11 is 0. The molecule has 2 aromatic heterocycles. The first-order chi connectivity index (χ1) is 11.5. The minimum absolute atomic E-state index is 0.0431. The number of hydrogen-bond acceptors (Lipinski definition) is 4. The van der Waals surface area contributed by atoms with Gasteiger partial charge >= 0.3 is 5.97 Å². The molecule has 3 aromatic rings. The third kappa shape index (κ3) is 2.57. The Kier molecular flexibility index (Phi) is 3.72. The fraction of sp³-hybridized carbons (Fsp3) is 0.0588. The molecule has 0 amide bonds. The summed E-state index contributed by atoms with van der Waals surface area (Å²) in [6.45, 7) is 1.83. The topological polar surface area (TPSA) is 112 Å². The van der Waals surface area contributed by atoms with Crippen molar-refractivity contribution in [2.24, 2.45) is 0 Å². The maximum absolute atomic E-state index is 12.6. The van der Waals surface area contributed by atoms with Crippen molar-refractivity contribution in [3.63, 3.8) is 0 Å². The van der Waals surface area contributed by atoms with Gasteiger partial charge in [0.25, 0.3) is 5.56 Å². The van der Waals surface area contributed by atoms with E-state index >= 15 is 0 Å². The highest BCUT2D eigenvalue weighted by atomic mass is 16.4. The van der Waals surface area contributed by atoms with Crippen molar-refractivity contribution in [2.75, 3.05) is 0 Å². The van der Waals surface area contributed by atoms with E-state index in [0.29, 0.717) is 16.9 Å². The van der Waals surface area contributed by atoms with E-state index in [4.69, 9.17) is 10.4 Å². The first-order valence-corrected chi connectivity index (χ1v) is 7.02. The second-order valence-corrected chi connectivity index (χ2v) is 5.18. The number of pyridine rings is 1. The molecule has 0 radical (unpaired) electrons. The fourth-order valence-electron chi connectivity index (χ4n) is 2.41. The molecule has 0 fully saturated rings. The molecule has 0 saturated heterocycles. The lowest BCUT2D eigenvalue weighted by molar-refractivity contribution is 0.0696. The summed E-state index contributed by atoms with van der Waals surface area (Å²) < 4.78 is 1.23. The monoisotopic (exact) mass is 320 g/mol. The van der Waals surface area contributed by atoms with Gasteiger partial charge < -0.3 is 5.11 Å². The first-order valence-electron chi connectivity index (χ1n) is 7.02. The predicted molar refractivity (Wildman–Crippen MR) is 86.0 cm³/mol. The van der Waals surface area contributed by atoms with Crippen LogP contribution in [0.3, 0.4) is 0 Å². The van der Waals surface area contributed by atoms with E-state index in [0.717, 1.165) is 11.1 Å². The Hall–Kier alpha value is -3.66. The Bertz CT molecular complexity index is 1020. The summed E-state index contributed by atoms with van der Waals surface area (Å²) in [6.07, 6.45) is 2.75. The molecule has 7 nitrogen and oxygen atoms in total. The van der Waals surface area contributed by atoms with Crippen molar-refractivity contribution in [1.29, 1.82) is 5.26 Å². The predicted octanol–water partition coefficient (Wildman–Crippen LogP) is 2.11. The van der Waals surface area contributed by atoms with Crippen LogP contribution in [0, 0.1) is 18.3 Å². The van der Waals surface area contributed by atoms with E-state index in [1.807, 2.05) is 6.92 Å². The van der Waals surface area contributed by atoms with Crippen LogP contribution in [0.5, 0.6) is 0 Å². The van der Waals surface area contributed by atoms with Crippen molar-refractivity contribution in [1.82, 2.24) is 14.8 Å². The molecule has 0 unspecified atom stereocenters. The maximum atomic E-state index is 12.6. The molecule has 3 rings (SSSR count). The zero-order valence-corrected chi connectivity index (χ0v) is 12.6. The number of aromatic amines is 1. The molecule has 0 atom stereocenters.